The Labute approximate surface area is 105 Å². The summed E-state index contributed by atoms with van der Waals surface area (Å²) in [5.41, 5.74) is 5.06. The number of rotatable bonds is 5. The van der Waals surface area contributed by atoms with Crippen molar-refractivity contribution in [3.8, 4) is 0 Å². The molecule has 1 rings (SSSR count). The minimum Gasteiger partial charge on any atom is -0.0991 e. The van der Waals surface area contributed by atoms with Crippen molar-refractivity contribution in [2.24, 2.45) is 0 Å². The first-order valence-corrected chi connectivity index (χ1v) is 5.85. The van der Waals surface area contributed by atoms with Crippen LogP contribution >= 0.6 is 0 Å². The standard InChI is InChI=1S/C17H20/c1-5-8-16(6-2)9-7-10-17-13-14(3)11-12-15(17)4/h5-8,10-13H,1-2,9H2,3-4H3/b10-7-,16-8+. The van der Waals surface area contributed by atoms with Crippen LogP contribution in [0.5, 0.6) is 0 Å². The summed E-state index contributed by atoms with van der Waals surface area (Å²) in [6.07, 6.45) is 10.9. The van der Waals surface area contributed by atoms with E-state index in [1.807, 2.05) is 12.2 Å². The van der Waals surface area contributed by atoms with Gasteiger partial charge < -0.3 is 0 Å². The molecule has 0 N–H and O–H groups in total. The highest BCUT2D eigenvalue weighted by atomic mass is 14.0. The third-order valence-electron chi connectivity index (χ3n) is 2.68. The Kier molecular flexibility index (Phi) is 5.22. The summed E-state index contributed by atoms with van der Waals surface area (Å²) < 4.78 is 0. The van der Waals surface area contributed by atoms with Crippen LogP contribution in [-0.2, 0) is 0 Å². The molecule has 88 valence electrons. The Morgan fingerprint density at radius 2 is 2.00 bits per heavy atom. The molecule has 0 radical (unpaired) electrons. The molecule has 0 saturated carbocycles. The zero-order valence-electron chi connectivity index (χ0n) is 10.7. The Balaban J connectivity index is 2.77. The van der Waals surface area contributed by atoms with Crippen molar-refractivity contribution in [2.45, 2.75) is 20.3 Å². The molecule has 0 aliphatic heterocycles. The Bertz CT molecular complexity index is 459. The van der Waals surface area contributed by atoms with Gasteiger partial charge in [-0.1, -0.05) is 67.3 Å². The fraction of sp³-hybridized carbons (Fsp3) is 0.176. The van der Waals surface area contributed by atoms with Crippen LogP contribution in [0.1, 0.15) is 23.1 Å². The molecule has 0 bridgehead atoms. The van der Waals surface area contributed by atoms with Gasteiger partial charge in [-0.15, -0.1) is 0 Å². The zero-order chi connectivity index (χ0) is 12.7. The Morgan fingerprint density at radius 1 is 1.24 bits per heavy atom. The molecule has 0 spiro atoms. The summed E-state index contributed by atoms with van der Waals surface area (Å²) in [4.78, 5) is 0. The van der Waals surface area contributed by atoms with Gasteiger partial charge in [0, 0.05) is 0 Å². The number of aryl methyl sites for hydroxylation is 2. The van der Waals surface area contributed by atoms with Crippen LogP contribution in [-0.4, -0.2) is 0 Å². The molecule has 1 aromatic carbocycles. The molecule has 0 unspecified atom stereocenters. The molecular weight excluding hydrogens is 204 g/mol. The molecule has 0 heteroatoms. The van der Waals surface area contributed by atoms with Gasteiger partial charge in [0.2, 0.25) is 0 Å². The molecule has 1 aromatic rings. The maximum absolute atomic E-state index is 3.79. The lowest BCUT2D eigenvalue weighted by molar-refractivity contribution is 1.29. The van der Waals surface area contributed by atoms with E-state index in [2.05, 4.69) is 57.4 Å². The normalized spacial score (nSPS) is 11.8. The highest BCUT2D eigenvalue weighted by Gasteiger charge is 1.94. The van der Waals surface area contributed by atoms with Gasteiger partial charge in [0.25, 0.3) is 0 Å². The fourth-order valence-electron chi connectivity index (χ4n) is 1.63. The summed E-state index contributed by atoms with van der Waals surface area (Å²) >= 11 is 0. The average molecular weight is 224 g/mol. The predicted molar refractivity (Wildman–Crippen MR) is 78.0 cm³/mol. The number of hydrogen-bond acceptors (Lipinski definition) is 0. The van der Waals surface area contributed by atoms with Gasteiger partial charge in [-0.2, -0.15) is 0 Å². The first-order valence-electron chi connectivity index (χ1n) is 5.85. The van der Waals surface area contributed by atoms with Crippen LogP contribution in [0.25, 0.3) is 6.08 Å². The van der Waals surface area contributed by atoms with Crippen molar-refractivity contribution >= 4 is 6.08 Å². The van der Waals surface area contributed by atoms with Gasteiger partial charge in [-0.3, -0.25) is 0 Å². The van der Waals surface area contributed by atoms with E-state index in [0.717, 1.165) is 6.42 Å². The van der Waals surface area contributed by atoms with Gasteiger partial charge in [0.05, 0.1) is 0 Å². The van der Waals surface area contributed by atoms with Crippen LogP contribution < -0.4 is 0 Å². The van der Waals surface area contributed by atoms with Gasteiger partial charge in [0.1, 0.15) is 0 Å². The second-order valence-electron chi connectivity index (χ2n) is 4.15. The summed E-state index contributed by atoms with van der Waals surface area (Å²) in [5, 5.41) is 0. The van der Waals surface area contributed by atoms with Crippen molar-refractivity contribution in [1.29, 1.82) is 0 Å². The van der Waals surface area contributed by atoms with E-state index in [4.69, 9.17) is 0 Å². The summed E-state index contributed by atoms with van der Waals surface area (Å²) in [5.74, 6) is 0. The molecule has 0 saturated heterocycles. The third kappa shape index (κ3) is 4.28. The molecule has 0 amide bonds. The van der Waals surface area contributed by atoms with Crippen molar-refractivity contribution < 1.29 is 0 Å². The smallest absolute Gasteiger partial charge is 0.00943 e. The maximum atomic E-state index is 3.79. The van der Waals surface area contributed by atoms with Crippen molar-refractivity contribution in [3.05, 3.63) is 77.9 Å². The first kappa shape index (κ1) is 13.2. The first-order chi connectivity index (χ1) is 8.17. The highest BCUT2D eigenvalue weighted by Crippen LogP contribution is 2.14. The van der Waals surface area contributed by atoms with Crippen molar-refractivity contribution in [1.82, 2.24) is 0 Å². The Hall–Kier alpha value is -1.82. The van der Waals surface area contributed by atoms with E-state index in [9.17, 15) is 0 Å². The van der Waals surface area contributed by atoms with Crippen LogP contribution in [0.15, 0.2) is 61.2 Å². The van der Waals surface area contributed by atoms with E-state index in [0.29, 0.717) is 0 Å². The van der Waals surface area contributed by atoms with Gasteiger partial charge in [-0.05, 0) is 37.0 Å². The van der Waals surface area contributed by atoms with Crippen molar-refractivity contribution in [3.63, 3.8) is 0 Å². The minimum absolute atomic E-state index is 0.892. The molecule has 17 heavy (non-hydrogen) atoms. The molecule has 0 fully saturated rings. The number of benzene rings is 1. The lowest BCUT2D eigenvalue weighted by atomic mass is 10.0. The molecule has 0 atom stereocenters. The Morgan fingerprint density at radius 3 is 2.65 bits per heavy atom. The number of allylic oxidation sites excluding steroid dienone is 5. The van der Waals surface area contributed by atoms with Gasteiger partial charge in [-0.25, -0.2) is 0 Å². The molecule has 0 nitrogen and oxygen atoms in total. The zero-order valence-corrected chi connectivity index (χ0v) is 10.7. The predicted octanol–water partition coefficient (Wildman–Crippen LogP) is 5.01. The van der Waals surface area contributed by atoms with E-state index in [1.165, 1.54) is 22.3 Å². The maximum Gasteiger partial charge on any atom is -0.00943 e. The summed E-state index contributed by atoms with van der Waals surface area (Å²) in [6.45, 7) is 11.7. The van der Waals surface area contributed by atoms with Crippen LogP contribution in [0.2, 0.25) is 0 Å². The second-order valence-corrected chi connectivity index (χ2v) is 4.15. The monoisotopic (exact) mass is 224 g/mol. The summed E-state index contributed by atoms with van der Waals surface area (Å²) in [6, 6.07) is 6.50. The second kappa shape index (κ2) is 6.70. The average Bonchev–Trinajstić information content (AvgIpc) is 2.32. The molecule has 0 aromatic heterocycles. The van der Waals surface area contributed by atoms with E-state index in [1.54, 1.807) is 6.08 Å². The van der Waals surface area contributed by atoms with Crippen LogP contribution in [0, 0.1) is 13.8 Å². The minimum atomic E-state index is 0.892. The van der Waals surface area contributed by atoms with Crippen LogP contribution in [0.4, 0.5) is 0 Å². The fourth-order valence-corrected chi connectivity index (χ4v) is 1.63. The number of hydrogen-bond donors (Lipinski definition) is 0. The summed E-state index contributed by atoms with van der Waals surface area (Å²) in [7, 11) is 0. The molecule has 0 aliphatic carbocycles. The quantitative estimate of drug-likeness (QED) is 0.617. The van der Waals surface area contributed by atoms with Crippen molar-refractivity contribution in [2.75, 3.05) is 0 Å². The lowest BCUT2D eigenvalue weighted by Crippen LogP contribution is -1.82. The molecule has 0 aliphatic rings. The van der Waals surface area contributed by atoms with E-state index >= 15 is 0 Å². The topological polar surface area (TPSA) is 0 Å². The van der Waals surface area contributed by atoms with E-state index in [-0.39, 0.29) is 0 Å². The molecule has 0 heterocycles. The van der Waals surface area contributed by atoms with Gasteiger partial charge in [0.15, 0.2) is 0 Å². The lowest BCUT2D eigenvalue weighted by Gasteiger charge is -2.02. The van der Waals surface area contributed by atoms with Crippen LogP contribution in [0.3, 0.4) is 0 Å². The van der Waals surface area contributed by atoms with E-state index < -0.39 is 0 Å². The highest BCUT2D eigenvalue weighted by molar-refractivity contribution is 5.55. The SMILES string of the molecule is C=C/C=C(\C=C)C/C=C\c1cc(C)ccc1C. The third-order valence-corrected chi connectivity index (χ3v) is 2.68. The van der Waals surface area contributed by atoms with Gasteiger partial charge >= 0.3 is 0 Å². The largest absolute Gasteiger partial charge is 0.0991 e. The molecular formula is C17H20.